The largest absolute Gasteiger partial charge is 0.480 e. The van der Waals surface area contributed by atoms with Gasteiger partial charge in [0.1, 0.15) is 5.54 Å². The number of carbonyl (C=O) groups is 2. The fourth-order valence-electron chi connectivity index (χ4n) is 2.61. The zero-order valence-corrected chi connectivity index (χ0v) is 10.9. The Morgan fingerprint density at radius 1 is 1.33 bits per heavy atom. The van der Waals surface area contributed by atoms with Crippen LogP contribution < -0.4 is 5.32 Å². The van der Waals surface area contributed by atoms with E-state index in [1.54, 1.807) is 0 Å². The Labute approximate surface area is 108 Å². The predicted molar refractivity (Wildman–Crippen MR) is 67.2 cm³/mol. The fraction of sp³-hybridized carbons (Fsp3) is 0.846. The van der Waals surface area contributed by atoms with E-state index in [1.165, 1.54) is 0 Å². The van der Waals surface area contributed by atoms with Gasteiger partial charge in [0.05, 0.1) is 6.54 Å². The lowest BCUT2D eigenvalue weighted by Crippen LogP contribution is -2.59. The molecule has 0 atom stereocenters. The summed E-state index contributed by atoms with van der Waals surface area (Å²) in [7, 11) is 0. The van der Waals surface area contributed by atoms with Gasteiger partial charge in [0.25, 0.3) is 0 Å². The third-order valence-corrected chi connectivity index (χ3v) is 4.33. The number of amides is 1. The summed E-state index contributed by atoms with van der Waals surface area (Å²) in [5.41, 5.74) is -0.835. The summed E-state index contributed by atoms with van der Waals surface area (Å²) < 4.78 is 0. The lowest BCUT2D eigenvalue weighted by atomic mass is 9.77. The Balaban J connectivity index is 1.79. The van der Waals surface area contributed by atoms with E-state index >= 15 is 0 Å². The van der Waals surface area contributed by atoms with Crippen LogP contribution in [0.1, 0.15) is 39.0 Å². The van der Waals surface area contributed by atoms with Crippen LogP contribution in [0.4, 0.5) is 0 Å². The molecule has 0 aromatic rings. The summed E-state index contributed by atoms with van der Waals surface area (Å²) in [6.07, 6.45) is 4.29. The van der Waals surface area contributed by atoms with Crippen LogP contribution in [0.15, 0.2) is 0 Å². The second-order valence-electron chi connectivity index (χ2n) is 5.66. The van der Waals surface area contributed by atoms with Crippen LogP contribution in [0.5, 0.6) is 0 Å². The SMILES string of the molecule is CC1CCN(C(=O)CNC2(C(=O)O)CCC2)CC1. The molecular weight excluding hydrogens is 232 g/mol. The van der Waals surface area contributed by atoms with E-state index in [1.807, 2.05) is 4.90 Å². The van der Waals surface area contributed by atoms with Gasteiger partial charge in [-0.25, -0.2) is 0 Å². The third kappa shape index (κ3) is 2.66. The van der Waals surface area contributed by atoms with Gasteiger partial charge in [-0.15, -0.1) is 0 Å². The number of likely N-dealkylation sites (tertiary alicyclic amines) is 1. The molecule has 1 aliphatic carbocycles. The Morgan fingerprint density at radius 3 is 2.39 bits per heavy atom. The first-order valence-electron chi connectivity index (χ1n) is 6.80. The highest BCUT2D eigenvalue weighted by atomic mass is 16.4. The number of nitrogens with one attached hydrogen (secondary N) is 1. The number of nitrogens with zero attached hydrogens (tertiary/aromatic N) is 1. The van der Waals surface area contributed by atoms with Gasteiger partial charge in [0.15, 0.2) is 0 Å². The molecule has 102 valence electrons. The minimum atomic E-state index is -0.835. The van der Waals surface area contributed by atoms with Gasteiger partial charge in [-0.05, 0) is 38.0 Å². The van der Waals surface area contributed by atoms with Crippen molar-refractivity contribution in [2.45, 2.75) is 44.6 Å². The zero-order valence-electron chi connectivity index (χ0n) is 10.9. The summed E-state index contributed by atoms with van der Waals surface area (Å²) >= 11 is 0. The van der Waals surface area contributed by atoms with Crippen LogP contribution in [-0.4, -0.2) is 47.1 Å². The minimum absolute atomic E-state index is 0.0365. The summed E-state index contributed by atoms with van der Waals surface area (Å²) in [5.74, 6) is -0.0951. The molecule has 2 N–H and O–H groups in total. The molecule has 5 nitrogen and oxygen atoms in total. The highest BCUT2D eigenvalue weighted by Crippen LogP contribution is 2.31. The monoisotopic (exact) mass is 254 g/mol. The number of rotatable bonds is 4. The molecular formula is C13H22N2O3. The van der Waals surface area contributed by atoms with Crippen molar-refractivity contribution in [3.8, 4) is 0 Å². The molecule has 1 saturated carbocycles. The van der Waals surface area contributed by atoms with Crippen LogP contribution >= 0.6 is 0 Å². The van der Waals surface area contributed by atoms with Gasteiger partial charge >= 0.3 is 5.97 Å². The topological polar surface area (TPSA) is 69.6 Å². The second kappa shape index (κ2) is 5.26. The first-order chi connectivity index (χ1) is 8.53. The molecule has 18 heavy (non-hydrogen) atoms. The zero-order chi connectivity index (χ0) is 13.2. The molecule has 1 saturated heterocycles. The summed E-state index contributed by atoms with van der Waals surface area (Å²) in [5, 5.41) is 12.1. The van der Waals surface area contributed by atoms with Gasteiger partial charge < -0.3 is 10.0 Å². The maximum Gasteiger partial charge on any atom is 0.323 e. The molecule has 1 heterocycles. The number of carboxylic acid groups (broad SMARTS) is 1. The van der Waals surface area contributed by atoms with Gasteiger partial charge in [0.2, 0.25) is 5.91 Å². The molecule has 2 rings (SSSR count). The first kappa shape index (κ1) is 13.3. The summed E-state index contributed by atoms with van der Waals surface area (Å²) in [4.78, 5) is 25.0. The van der Waals surface area contributed by atoms with E-state index in [0.717, 1.165) is 32.4 Å². The Kier molecular flexibility index (Phi) is 3.90. The van der Waals surface area contributed by atoms with Crippen LogP contribution in [0.25, 0.3) is 0 Å². The molecule has 5 heteroatoms. The van der Waals surface area contributed by atoms with Crippen molar-refractivity contribution in [2.24, 2.45) is 5.92 Å². The normalized spacial score (nSPS) is 23.5. The number of hydrogen-bond donors (Lipinski definition) is 2. The molecule has 0 aromatic carbocycles. The smallest absolute Gasteiger partial charge is 0.323 e. The number of carboxylic acids is 1. The van der Waals surface area contributed by atoms with Crippen molar-refractivity contribution in [2.75, 3.05) is 19.6 Å². The molecule has 0 radical (unpaired) electrons. The third-order valence-electron chi connectivity index (χ3n) is 4.33. The van der Waals surface area contributed by atoms with Crippen molar-refractivity contribution >= 4 is 11.9 Å². The highest BCUT2D eigenvalue weighted by Gasteiger charge is 2.44. The molecule has 2 fully saturated rings. The van der Waals surface area contributed by atoms with E-state index in [9.17, 15) is 9.59 Å². The van der Waals surface area contributed by atoms with Gasteiger partial charge in [-0.2, -0.15) is 0 Å². The summed E-state index contributed by atoms with van der Waals surface area (Å²) in [6.45, 7) is 3.97. The summed E-state index contributed by atoms with van der Waals surface area (Å²) in [6, 6.07) is 0. The molecule has 2 aliphatic rings. The van der Waals surface area contributed by atoms with Crippen LogP contribution in [0.3, 0.4) is 0 Å². The maximum absolute atomic E-state index is 12.0. The van der Waals surface area contributed by atoms with E-state index in [2.05, 4.69) is 12.2 Å². The molecule has 0 unspecified atom stereocenters. The van der Waals surface area contributed by atoms with E-state index in [-0.39, 0.29) is 12.5 Å². The van der Waals surface area contributed by atoms with E-state index < -0.39 is 11.5 Å². The quantitative estimate of drug-likeness (QED) is 0.780. The van der Waals surface area contributed by atoms with Crippen LogP contribution in [-0.2, 0) is 9.59 Å². The van der Waals surface area contributed by atoms with E-state index in [4.69, 9.17) is 5.11 Å². The molecule has 0 bridgehead atoms. The molecule has 1 amide bonds. The first-order valence-corrected chi connectivity index (χ1v) is 6.80. The van der Waals surface area contributed by atoms with Crippen LogP contribution in [0.2, 0.25) is 0 Å². The minimum Gasteiger partial charge on any atom is -0.480 e. The Morgan fingerprint density at radius 2 is 1.94 bits per heavy atom. The average molecular weight is 254 g/mol. The number of piperidine rings is 1. The number of aliphatic carboxylic acids is 1. The van der Waals surface area contributed by atoms with Crippen molar-refractivity contribution < 1.29 is 14.7 Å². The van der Waals surface area contributed by atoms with Crippen molar-refractivity contribution in [3.05, 3.63) is 0 Å². The van der Waals surface area contributed by atoms with Crippen molar-refractivity contribution in [3.63, 3.8) is 0 Å². The van der Waals surface area contributed by atoms with Crippen molar-refractivity contribution in [1.82, 2.24) is 10.2 Å². The average Bonchev–Trinajstić information content (AvgIpc) is 2.27. The maximum atomic E-state index is 12.0. The van der Waals surface area contributed by atoms with Gasteiger partial charge in [-0.3, -0.25) is 14.9 Å². The van der Waals surface area contributed by atoms with Gasteiger partial charge in [0, 0.05) is 13.1 Å². The van der Waals surface area contributed by atoms with Gasteiger partial charge in [-0.1, -0.05) is 6.92 Å². The predicted octanol–water partition coefficient (Wildman–Crippen LogP) is 0.842. The Bertz CT molecular complexity index is 331. The standard InChI is InChI=1S/C13H22N2O3/c1-10-3-7-15(8-4-10)11(16)9-14-13(12(17)18)5-2-6-13/h10,14H,2-9H2,1H3,(H,17,18). The highest BCUT2D eigenvalue weighted by molar-refractivity contribution is 5.83. The molecule has 0 aromatic heterocycles. The lowest BCUT2D eigenvalue weighted by molar-refractivity contribution is -0.149. The molecule has 1 aliphatic heterocycles. The Hall–Kier alpha value is -1.10. The fourth-order valence-corrected chi connectivity index (χ4v) is 2.61. The lowest BCUT2D eigenvalue weighted by Gasteiger charge is -2.39. The number of hydrogen-bond acceptors (Lipinski definition) is 3. The van der Waals surface area contributed by atoms with Crippen LogP contribution in [0, 0.1) is 5.92 Å². The number of carbonyl (C=O) groups excluding carboxylic acids is 1. The second-order valence-corrected chi connectivity index (χ2v) is 5.66. The molecule has 0 spiro atoms. The van der Waals surface area contributed by atoms with E-state index in [0.29, 0.717) is 18.8 Å². The van der Waals surface area contributed by atoms with Crippen molar-refractivity contribution in [1.29, 1.82) is 0 Å².